The van der Waals surface area contributed by atoms with Gasteiger partial charge in [0, 0.05) is 0 Å². The highest BCUT2D eigenvalue weighted by Crippen LogP contribution is 2.41. The van der Waals surface area contributed by atoms with Crippen molar-refractivity contribution in [3.8, 4) is 0 Å². The SMILES string of the molecule is CC(C)c1ccc(CC(C)c2ccc(C(C)C)c(C(C)C)c2C(C)C)c(C(C)C)c1C(C)C. The standard InChI is InChI=1S/C33H52/c1-19(2)27-15-14-26(30(21(5)6)31(27)22(7)8)18-25(13)29-17-16-28(20(3)4)32(23(9)10)33(29)24(11)12/h14-17,19-25H,18H2,1-13H3. The second-order valence-corrected chi connectivity index (χ2v) is 12.2. The first kappa shape index (κ1) is 27.7. The molecule has 0 aliphatic rings. The Balaban J connectivity index is 2.67. The molecule has 2 aromatic rings. The molecule has 0 aliphatic carbocycles. The average molecular weight is 449 g/mol. The van der Waals surface area contributed by atoms with Crippen LogP contribution in [0.25, 0.3) is 0 Å². The summed E-state index contributed by atoms with van der Waals surface area (Å²) in [6.45, 7) is 30.8. The zero-order chi connectivity index (χ0) is 25.2. The van der Waals surface area contributed by atoms with Crippen LogP contribution in [-0.4, -0.2) is 0 Å². The van der Waals surface area contributed by atoms with E-state index in [1.165, 1.54) is 11.1 Å². The van der Waals surface area contributed by atoms with Crippen molar-refractivity contribution < 1.29 is 0 Å². The maximum atomic E-state index is 2.46. The Labute approximate surface area is 206 Å². The van der Waals surface area contributed by atoms with Gasteiger partial charge in [0.1, 0.15) is 0 Å². The monoisotopic (exact) mass is 448 g/mol. The molecule has 1 atom stereocenters. The fourth-order valence-electron chi connectivity index (χ4n) is 6.04. The average Bonchev–Trinajstić information content (AvgIpc) is 2.71. The Morgan fingerprint density at radius 3 is 1.12 bits per heavy atom. The number of hydrogen-bond donors (Lipinski definition) is 0. The molecule has 0 fully saturated rings. The fraction of sp³-hybridized carbons (Fsp3) is 0.636. The van der Waals surface area contributed by atoms with E-state index in [0.717, 1.165) is 6.42 Å². The summed E-state index contributed by atoms with van der Waals surface area (Å²) in [6, 6.07) is 9.78. The molecule has 2 rings (SSSR count). The highest BCUT2D eigenvalue weighted by atomic mass is 14.3. The molecule has 0 radical (unpaired) electrons. The van der Waals surface area contributed by atoms with Crippen molar-refractivity contribution in [2.45, 2.75) is 138 Å². The third-order valence-electron chi connectivity index (χ3n) is 7.38. The molecule has 0 saturated carbocycles. The van der Waals surface area contributed by atoms with Crippen molar-refractivity contribution in [1.29, 1.82) is 0 Å². The predicted octanol–water partition coefficient (Wildman–Crippen LogP) is 10.8. The summed E-state index contributed by atoms with van der Waals surface area (Å²) in [5, 5.41) is 0. The quantitative estimate of drug-likeness (QED) is 0.358. The van der Waals surface area contributed by atoms with Crippen molar-refractivity contribution in [1.82, 2.24) is 0 Å². The Kier molecular flexibility index (Phi) is 9.43. The molecular weight excluding hydrogens is 396 g/mol. The molecule has 184 valence electrons. The van der Waals surface area contributed by atoms with Gasteiger partial charge in [-0.2, -0.15) is 0 Å². The first-order valence-electron chi connectivity index (χ1n) is 13.6. The van der Waals surface area contributed by atoms with Crippen molar-refractivity contribution in [3.05, 3.63) is 68.8 Å². The van der Waals surface area contributed by atoms with Crippen molar-refractivity contribution >= 4 is 0 Å². The summed E-state index contributed by atoms with van der Waals surface area (Å²) < 4.78 is 0. The third-order valence-corrected chi connectivity index (χ3v) is 7.38. The minimum absolute atomic E-state index is 0.503. The van der Waals surface area contributed by atoms with Crippen LogP contribution in [0.5, 0.6) is 0 Å². The molecule has 0 nitrogen and oxygen atoms in total. The molecule has 0 amide bonds. The van der Waals surface area contributed by atoms with Crippen LogP contribution in [0.1, 0.15) is 176 Å². The van der Waals surface area contributed by atoms with E-state index in [2.05, 4.69) is 114 Å². The molecule has 0 bridgehead atoms. The van der Waals surface area contributed by atoms with Crippen molar-refractivity contribution in [3.63, 3.8) is 0 Å². The van der Waals surface area contributed by atoms with E-state index in [1.807, 2.05) is 0 Å². The topological polar surface area (TPSA) is 0 Å². The lowest BCUT2D eigenvalue weighted by molar-refractivity contribution is 0.680. The fourth-order valence-corrected chi connectivity index (χ4v) is 6.04. The summed E-state index contributed by atoms with van der Waals surface area (Å²) in [6.07, 6.45) is 1.11. The molecule has 1 unspecified atom stereocenters. The van der Waals surface area contributed by atoms with E-state index in [-0.39, 0.29) is 0 Å². The lowest BCUT2D eigenvalue weighted by Gasteiger charge is -2.30. The Hall–Kier alpha value is -1.56. The van der Waals surface area contributed by atoms with Gasteiger partial charge in [0.25, 0.3) is 0 Å². The summed E-state index contributed by atoms with van der Waals surface area (Å²) >= 11 is 0. The maximum absolute atomic E-state index is 2.46. The van der Waals surface area contributed by atoms with E-state index in [0.29, 0.717) is 41.4 Å². The molecule has 0 saturated heterocycles. The molecule has 0 aliphatic heterocycles. The van der Waals surface area contributed by atoms with Gasteiger partial charge in [-0.05, 0) is 92.4 Å². The first-order valence-corrected chi connectivity index (χ1v) is 13.6. The van der Waals surface area contributed by atoms with Crippen LogP contribution in [0.3, 0.4) is 0 Å². The molecule has 0 N–H and O–H groups in total. The summed E-state index contributed by atoms with van der Waals surface area (Å²) in [5.41, 5.74) is 12.6. The van der Waals surface area contributed by atoms with Gasteiger partial charge >= 0.3 is 0 Å². The Morgan fingerprint density at radius 1 is 0.394 bits per heavy atom. The Morgan fingerprint density at radius 2 is 0.727 bits per heavy atom. The van der Waals surface area contributed by atoms with Crippen LogP contribution in [0.4, 0.5) is 0 Å². The second-order valence-electron chi connectivity index (χ2n) is 12.2. The van der Waals surface area contributed by atoms with Gasteiger partial charge in [-0.15, -0.1) is 0 Å². The van der Waals surface area contributed by atoms with E-state index in [1.54, 1.807) is 33.4 Å². The third kappa shape index (κ3) is 5.93. The minimum atomic E-state index is 0.503. The van der Waals surface area contributed by atoms with Gasteiger partial charge in [0.2, 0.25) is 0 Å². The van der Waals surface area contributed by atoms with Crippen molar-refractivity contribution in [2.75, 3.05) is 0 Å². The van der Waals surface area contributed by atoms with Crippen LogP contribution < -0.4 is 0 Å². The molecular formula is C33H52. The smallest absolute Gasteiger partial charge is 0.0147 e. The van der Waals surface area contributed by atoms with Crippen LogP contribution in [0.15, 0.2) is 24.3 Å². The molecule has 0 heterocycles. The summed E-state index contributed by atoms with van der Waals surface area (Å²) in [5.74, 6) is 3.82. The molecule has 2 aromatic carbocycles. The second kappa shape index (κ2) is 11.2. The van der Waals surface area contributed by atoms with Crippen LogP contribution in [0.2, 0.25) is 0 Å². The molecule has 0 aromatic heterocycles. The summed E-state index contributed by atoms with van der Waals surface area (Å²) in [7, 11) is 0. The van der Waals surface area contributed by atoms with E-state index >= 15 is 0 Å². The maximum Gasteiger partial charge on any atom is -0.0147 e. The van der Waals surface area contributed by atoms with Gasteiger partial charge in [-0.25, -0.2) is 0 Å². The lowest BCUT2D eigenvalue weighted by Crippen LogP contribution is -2.14. The van der Waals surface area contributed by atoms with E-state index in [4.69, 9.17) is 0 Å². The van der Waals surface area contributed by atoms with Crippen LogP contribution in [0, 0.1) is 0 Å². The number of hydrogen-bond acceptors (Lipinski definition) is 0. The number of rotatable bonds is 9. The zero-order valence-electron chi connectivity index (χ0n) is 24.1. The van der Waals surface area contributed by atoms with Crippen LogP contribution >= 0.6 is 0 Å². The lowest BCUT2D eigenvalue weighted by atomic mass is 9.75. The van der Waals surface area contributed by atoms with Gasteiger partial charge in [-0.1, -0.05) is 114 Å². The molecule has 33 heavy (non-hydrogen) atoms. The van der Waals surface area contributed by atoms with Gasteiger partial charge in [0.05, 0.1) is 0 Å². The van der Waals surface area contributed by atoms with E-state index < -0.39 is 0 Å². The highest BCUT2D eigenvalue weighted by molar-refractivity contribution is 5.50. The van der Waals surface area contributed by atoms with Crippen LogP contribution in [-0.2, 0) is 6.42 Å². The molecule has 0 spiro atoms. The summed E-state index contributed by atoms with van der Waals surface area (Å²) in [4.78, 5) is 0. The van der Waals surface area contributed by atoms with Crippen molar-refractivity contribution in [2.24, 2.45) is 0 Å². The first-order chi connectivity index (χ1) is 15.3. The highest BCUT2D eigenvalue weighted by Gasteiger charge is 2.25. The van der Waals surface area contributed by atoms with Gasteiger partial charge in [-0.3, -0.25) is 0 Å². The molecule has 0 heteroatoms. The Bertz CT molecular complexity index is 922. The van der Waals surface area contributed by atoms with E-state index in [9.17, 15) is 0 Å². The minimum Gasteiger partial charge on any atom is -0.0587 e. The largest absolute Gasteiger partial charge is 0.0587 e. The van der Waals surface area contributed by atoms with Gasteiger partial charge in [0.15, 0.2) is 0 Å². The van der Waals surface area contributed by atoms with Gasteiger partial charge < -0.3 is 0 Å². The predicted molar refractivity (Wildman–Crippen MR) is 150 cm³/mol. The zero-order valence-corrected chi connectivity index (χ0v) is 24.1. The normalized spacial score (nSPS) is 13.4. The number of benzene rings is 2.